The van der Waals surface area contributed by atoms with Gasteiger partial charge in [-0.3, -0.25) is 9.48 Å². The van der Waals surface area contributed by atoms with Crippen molar-refractivity contribution in [3.05, 3.63) is 17.5 Å². The maximum Gasteiger partial charge on any atom is 0.435 e. The molecule has 2 N–H and O–H groups in total. The van der Waals surface area contributed by atoms with Crippen LogP contribution in [0.25, 0.3) is 0 Å². The number of piperidine rings is 1. The zero-order valence-corrected chi connectivity index (χ0v) is 15.9. The highest BCUT2D eigenvalue weighted by molar-refractivity contribution is 5.80. The summed E-state index contributed by atoms with van der Waals surface area (Å²) >= 11 is 0. The van der Waals surface area contributed by atoms with E-state index in [0.717, 1.165) is 17.5 Å². The Kier molecular flexibility index (Phi) is 7.09. The molecule has 1 amide bonds. The van der Waals surface area contributed by atoms with Gasteiger partial charge in [0.2, 0.25) is 5.91 Å². The number of nitrogens with zero attached hydrogens (tertiary/aromatic N) is 4. The van der Waals surface area contributed by atoms with Crippen molar-refractivity contribution in [1.82, 2.24) is 25.3 Å². The van der Waals surface area contributed by atoms with Gasteiger partial charge in [-0.05, 0) is 25.7 Å². The zero-order valence-electron chi connectivity index (χ0n) is 15.9. The molecule has 0 aliphatic carbocycles. The number of hydrogen-bond donors (Lipinski definition) is 2. The molecule has 7 nitrogen and oxygen atoms in total. The first-order valence-corrected chi connectivity index (χ1v) is 9.08. The lowest BCUT2D eigenvalue weighted by Crippen LogP contribution is -2.46. The molecule has 0 radical (unpaired) electrons. The summed E-state index contributed by atoms with van der Waals surface area (Å²) in [5, 5.41) is 9.29. The van der Waals surface area contributed by atoms with Gasteiger partial charge in [-0.2, -0.15) is 18.3 Å². The van der Waals surface area contributed by atoms with E-state index in [4.69, 9.17) is 0 Å². The number of carbonyl (C=O) groups excluding carboxylic acids is 1. The van der Waals surface area contributed by atoms with Gasteiger partial charge in [0.15, 0.2) is 11.7 Å². The summed E-state index contributed by atoms with van der Waals surface area (Å²) in [6.45, 7) is 3.87. The van der Waals surface area contributed by atoms with Crippen molar-refractivity contribution in [2.24, 2.45) is 18.0 Å². The Morgan fingerprint density at radius 1 is 1.37 bits per heavy atom. The second-order valence-corrected chi connectivity index (χ2v) is 6.65. The topological polar surface area (TPSA) is 74.5 Å². The summed E-state index contributed by atoms with van der Waals surface area (Å²) < 4.78 is 40.4. The molecule has 0 aromatic carbocycles. The van der Waals surface area contributed by atoms with Crippen LogP contribution in [0.15, 0.2) is 11.2 Å². The van der Waals surface area contributed by atoms with Crippen molar-refractivity contribution in [2.75, 3.05) is 26.7 Å². The molecule has 2 rings (SSSR count). The summed E-state index contributed by atoms with van der Waals surface area (Å²) in [5.74, 6) is 0.942. The lowest BCUT2D eigenvalue weighted by atomic mass is 9.93. The largest absolute Gasteiger partial charge is 0.435 e. The Labute approximate surface area is 157 Å². The summed E-state index contributed by atoms with van der Waals surface area (Å²) in [5.41, 5.74) is -0.844. The van der Waals surface area contributed by atoms with Gasteiger partial charge in [-0.25, -0.2) is 4.99 Å². The molecule has 10 heteroatoms. The van der Waals surface area contributed by atoms with E-state index in [0.29, 0.717) is 37.9 Å². The van der Waals surface area contributed by atoms with Crippen molar-refractivity contribution < 1.29 is 18.0 Å². The van der Waals surface area contributed by atoms with Crippen molar-refractivity contribution in [3.8, 4) is 0 Å². The average molecular weight is 388 g/mol. The minimum Gasteiger partial charge on any atom is -0.359 e. The number of amides is 1. The van der Waals surface area contributed by atoms with Crippen LogP contribution in [0, 0.1) is 5.92 Å². The second kappa shape index (κ2) is 9.09. The van der Waals surface area contributed by atoms with Gasteiger partial charge in [-0.1, -0.05) is 0 Å². The molecule has 152 valence electrons. The van der Waals surface area contributed by atoms with Crippen LogP contribution in [0.1, 0.15) is 37.4 Å². The van der Waals surface area contributed by atoms with Crippen LogP contribution in [0.3, 0.4) is 0 Å². The van der Waals surface area contributed by atoms with Gasteiger partial charge in [0.1, 0.15) is 0 Å². The number of nitrogens with one attached hydrogen (secondary N) is 2. The minimum atomic E-state index is -4.50. The van der Waals surface area contributed by atoms with E-state index in [1.807, 2.05) is 11.8 Å². The Hall–Kier alpha value is -2.26. The number of aromatic nitrogens is 2. The van der Waals surface area contributed by atoms with Crippen LogP contribution in [0.2, 0.25) is 0 Å². The molecule has 1 aromatic heterocycles. The maximum atomic E-state index is 13.1. The number of rotatable bonds is 5. The highest BCUT2D eigenvalue weighted by atomic mass is 19.4. The zero-order chi connectivity index (χ0) is 20.0. The number of likely N-dealkylation sites (tertiary alicyclic amines) is 1. The number of hydrogen-bond acceptors (Lipinski definition) is 3. The van der Waals surface area contributed by atoms with E-state index >= 15 is 0 Å². The van der Waals surface area contributed by atoms with Crippen LogP contribution >= 0.6 is 0 Å². The first-order valence-electron chi connectivity index (χ1n) is 9.08. The smallest absolute Gasteiger partial charge is 0.359 e. The molecule has 0 saturated carbocycles. The van der Waals surface area contributed by atoms with E-state index < -0.39 is 11.9 Å². The molecule has 2 heterocycles. The highest BCUT2D eigenvalue weighted by Crippen LogP contribution is 2.31. The number of guanidine groups is 1. The molecule has 1 aliphatic rings. The van der Waals surface area contributed by atoms with Crippen LogP contribution in [0.5, 0.6) is 0 Å². The van der Waals surface area contributed by atoms with E-state index in [1.54, 1.807) is 7.05 Å². The third kappa shape index (κ3) is 5.86. The van der Waals surface area contributed by atoms with Crippen LogP contribution in [0.4, 0.5) is 13.2 Å². The number of aryl methyl sites for hydroxylation is 1. The molecule has 1 aromatic rings. The fraction of sp³-hybridized carbons (Fsp3) is 0.706. The molecule has 0 spiro atoms. The van der Waals surface area contributed by atoms with Gasteiger partial charge >= 0.3 is 6.18 Å². The molecular weight excluding hydrogens is 361 g/mol. The second-order valence-electron chi connectivity index (χ2n) is 6.65. The third-order valence-electron chi connectivity index (χ3n) is 4.57. The number of aliphatic imine (C=N–C) groups is 1. The van der Waals surface area contributed by atoms with E-state index in [9.17, 15) is 18.0 Å². The molecule has 0 unspecified atom stereocenters. The minimum absolute atomic E-state index is 0.0327. The monoisotopic (exact) mass is 388 g/mol. The van der Waals surface area contributed by atoms with Crippen LogP contribution in [-0.2, 0) is 24.6 Å². The quantitative estimate of drug-likeness (QED) is 0.595. The van der Waals surface area contributed by atoms with Crippen LogP contribution in [-0.4, -0.2) is 53.2 Å². The number of halogens is 3. The first-order chi connectivity index (χ1) is 12.7. The SMILES string of the molecule is CCNC(=NCc1cn(C)nc1C(F)(F)F)N1CCC(CC(=O)NC)CC1. The number of carbonyl (C=O) groups is 1. The van der Waals surface area contributed by atoms with Gasteiger partial charge < -0.3 is 15.5 Å². The Balaban J connectivity index is 2.05. The number of alkyl halides is 3. The highest BCUT2D eigenvalue weighted by Gasteiger charge is 2.36. The maximum absolute atomic E-state index is 13.1. The lowest BCUT2D eigenvalue weighted by molar-refractivity contribution is -0.142. The molecule has 1 fully saturated rings. The van der Waals surface area contributed by atoms with Crippen molar-refractivity contribution in [3.63, 3.8) is 0 Å². The molecule has 0 bridgehead atoms. The Morgan fingerprint density at radius 3 is 2.59 bits per heavy atom. The van der Waals surface area contributed by atoms with Gasteiger partial charge in [0, 0.05) is 51.9 Å². The summed E-state index contributed by atoms with van der Waals surface area (Å²) in [6.07, 6.45) is -0.951. The van der Waals surface area contributed by atoms with Crippen molar-refractivity contribution >= 4 is 11.9 Å². The van der Waals surface area contributed by atoms with Crippen molar-refractivity contribution in [2.45, 2.75) is 38.9 Å². The van der Waals surface area contributed by atoms with Gasteiger partial charge in [0.25, 0.3) is 0 Å². The summed E-state index contributed by atoms with van der Waals surface area (Å²) in [6, 6.07) is 0. The fourth-order valence-electron chi connectivity index (χ4n) is 3.19. The average Bonchev–Trinajstić information content (AvgIpc) is 3.00. The molecular formula is C17H27F3N6O. The third-order valence-corrected chi connectivity index (χ3v) is 4.57. The van der Waals surface area contributed by atoms with E-state index in [-0.39, 0.29) is 18.0 Å². The first kappa shape index (κ1) is 21.0. The van der Waals surface area contributed by atoms with E-state index in [1.165, 1.54) is 13.2 Å². The van der Waals surface area contributed by atoms with E-state index in [2.05, 4.69) is 20.7 Å². The molecule has 1 aliphatic heterocycles. The van der Waals surface area contributed by atoms with Crippen LogP contribution < -0.4 is 10.6 Å². The van der Waals surface area contributed by atoms with Gasteiger partial charge in [0.05, 0.1) is 6.54 Å². The fourth-order valence-corrected chi connectivity index (χ4v) is 3.19. The standard InChI is InChI=1S/C17H27F3N6O/c1-4-22-16(26-7-5-12(6-8-26)9-14(27)21-2)23-10-13-11-25(3)24-15(13)17(18,19)20/h11-12H,4-10H2,1-3H3,(H,21,27)(H,22,23). The molecule has 0 atom stereocenters. The predicted molar refractivity (Wildman–Crippen MR) is 96.0 cm³/mol. The Bertz CT molecular complexity index is 662. The normalized spacial score (nSPS) is 16.5. The Morgan fingerprint density at radius 2 is 2.04 bits per heavy atom. The molecule has 27 heavy (non-hydrogen) atoms. The lowest BCUT2D eigenvalue weighted by Gasteiger charge is -2.34. The van der Waals surface area contributed by atoms with Gasteiger partial charge in [-0.15, -0.1) is 0 Å². The predicted octanol–water partition coefficient (Wildman–Crippen LogP) is 1.75. The summed E-state index contributed by atoms with van der Waals surface area (Å²) in [4.78, 5) is 17.9. The molecule has 1 saturated heterocycles. The van der Waals surface area contributed by atoms with Crippen molar-refractivity contribution in [1.29, 1.82) is 0 Å². The summed E-state index contributed by atoms with van der Waals surface area (Å²) in [7, 11) is 3.09.